The van der Waals surface area contributed by atoms with Crippen LogP contribution in [0, 0.1) is 0 Å². The molecule has 1 aliphatic heterocycles. The molecule has 0 atom stereocenters. The molecule has 2 aromatic rings. The van der Waals surface area contributed by atoms with Crippen molar-refractivity contribution < 1.29 is 14.3 Å². The number of nitrogens with zero attached hydrogens (tertiary/aromatic N) is 2. The number of rotatable bonds is 7. The van der Waals surface area contributed by atoms with Gasteiger partial charge in [0.15, 0.2) is 0 Å². The Morgan fingerprint density at radius 2 is 1.75 bits per heavy atom. The fourth-order valence-corrected chi connectivity index (χ4v) is 3.33. The minimum absolute atomic E-state index is 0.0538. The molecule has 0 radical (unpaired) electrons. The number of hydrogen-bond acceptors (Lipinski definition) is 4. The van der Waals surface area contributed by atoms with E-state index in [1.54, 1.807) is 7.11 Å². The van der Waals surface area contributed by atoms with Gasteiger partial charge in [-0.1, -0.05) is 36.4 Å². The van der Waals surface area contributed by atoms with Crippen molar-refractivity contribution in [3.05, 3.63) is 60.2 Å². The summed E-state index contributed by atoms with van der Waals surface area (Å²) in [7, 11) is 1.66. The first-order chi connectivity index (χ1) is 13.7. The molecule has 148 valence electrons. The number of nitrogens with one attached hydrogen (secondary N) is 1. The molecule has 28 heavy (non-hydrogen) atoms. The van der Waals surface area contributed by atoms with Crippen LogP contribution in [-0.2, 0) is 16.0 Å². The molecular formula is C22H27N3O3. The van der Waals surface area contributed by atoms with E-state index in [4.69, 9.17) is 4.74 Å². The van der Waals surface area contributed by atoms with E-state index in [-0.39, 0.29) is 11.8 Å². The highest BCUT2D eigenvalue weighted by Gasteiger charge is 2.21. The lowest BCUT2D eigenvalue weighted by molar-refractivity contribution is -0.131. The molecule has 6 heteroatoms. The van der Waals surface area contributed by atoms with Crippen LogP contribution in [0.2, 0.25) is 0 Å². The summed E-state index contributed by atoms with van der Waals surface area (Å²) >= 11 is 0. The number of methoxy groups -OCH3 is 1. The lowest BCUT2D eigenvalue weighted by atomic mass is 10.1. The van der Waals surface area contributed by atoms with Crippen LogP contribution < -0.4 is 15.0 Å². The van der Waals surface area contributed by atoms with Gasteiger partial charge in [0.1, 0.15) is 5.75 Å². The summed E-state index contributed by atoms with van der Waals surface area (Å²) in [4.78, 5) is 28.5. The van der Waals surface area contributed by atoms with Gasteiger partial charge in [0, 0.05) is 50.9 Å². The summed E-state index contributed by atoms with van der Waals surface area (Å²) in [5.74, 6) is 0.870. The van der Waals surface area contributed by atoms with Gasteiger partial charge >= 0.3 is 0 Å². The van der Waals surface area contributed by atoms with Crippen LogP contribution in [0.25, 0.3) is 0 Å². The van der Waals surface area contributed by atoms with E-state index in [2.05, 4.69) is 16.3 Å². The Labute approximate surface area is 166 Å². The van der Waals surface area contributed by atoms with Gasteiger partial charge in [-0.25, -0.2) is 0 Å². The van der Waals surface area contributed by atoms with Crippen LogP contribution in [0.5, 0.6) is 5.75 Å². The predicted molar refractivity (Wildman–Crippen MR) is 110 cm³/mol. The van der Waals surface area contributed by atoms with Crippen LogP contribution in [0.3, 0.4) is 0 Å². The first-order valence-corrected chi connectivity index (χ1v) is 9.63. The maximum absolute atomic E-state index is 12.4. The van der Waals surface area contributed by atoms with Gasteiger partial charge in [-0.2, -0.15) is 0 Å². The van der Waals surface area contributed by atoms with Gasteiger partial charge in [-0.15, -0.1) is 0 Å². The zero-order chi connectivity index (χ0) is 19.8. The third-order valence-corrected chi connectivity index (χ3v) is 4.92. The lowest BCUT2D eigenvalue weighted by Gasteiger charge is -2.36. The third kappa shape index (κ3) is 5.49. The quantitative estimate of drug-likeness (QED) is 0.798. The molecule has 0 aliphatic carbocycles. The van der Waals surface area contributed by atoms with Crippen LogP contribution in [0.15, 0.2) is 54.6 Å². The Hall–Kier alpha value is -3.02. The van der Waals surface area contributed by atoms with Gasteiger partial charge in [0.05, 0.1) is 13.5 Å². The van der Waals surface area contributed by atoms with Crippen molar-refractivity contribution in [2.24, 2.45) is 0 Å². The Balaban J connectivity index is 1.38. The van der Waals surface area contributed by atoms with Gasteiger partial charge in [0.2, 0.25) is 11.8 Å². The van der Waals surface area contributed by atoms with E-state index in [1.807, 2.05) is 53.4 Å². The molecule has 1 fully saturated rings. The minimum atomic E-state index is -0.0538. The number of carbonyl (C=O) groups is 2. The number of amides is 2. The summed E-state index contributed by atoms with van der Waals surface area (Å²) in [5.41, 5.74) is 2.08. The van der Waals surface area contributed by atoms with Crippen molar-refractivity contribution >= 4 is 17.5 Å². The van der Waals surface area contributed by atoms with E-state index < -0.39 is 0 Å². The summed E-state index contributed by atoms with van der Waals surface area (Å²) in [5, 5.41) is 2.84. The van der Waals surface area contributed by atoms with Gasteiger partial charge in [-0.05, 0) is 17.7 Å². The van der Waals surface area contributed by atoms with Crippen molar-refractivity contribution in [3.8, 4) is 5.75 Å². The lowest BCUT2D eigenvalue weighted by Crippen LogP contribution is -2.49. The SMILES string of the molecule is COc1cccc(N2CCN(C(=O)CCNC(=O)Cc3ccccc3)CC2)c1. The molecule has 1 N–H and O–H groups in total. The summed E-state index contributed by atoms with van der Waals surface area (Å²) < 4.78 is 5.28. The van der Waals surface area contributed by atoms with Crippen LogP contribution in [-0.4, -0.2) is 56.5 Å². The van der Waals surface area contributed by atoms with Crippen LogP contribution in [0.4, 0.5) is 5.69 Å². The molecular weight excluding hydrogens is 354 g/mol. The van der Waals surface area contributed by atoms with Crippen molar-refractivity contribution in [1.82, 2.24) is 10.2 Å². The molecule has 0 spiro atoms. The highest BCUT2D eigenvalue weighted by atomic mass is 16.5. The molecule has 1 saturated heterocycles. The third-order valence-electron chi connectivity index (χ3n) is 4.92. The molecule has 0 bridgehead atoms. The number of carbonyl (C=O) groups excluding carboxylic acids is 2. The van der Waals surface area contributed by atoms with Crippen LogP contribution >= 0.6 is 0 Å². The molecule has 0 aromatic heterocycles. The summed E-state index contributed by atoms with van der Waals surface area (Å²) in [6.07, 6.45) is 0.675. The Morgan fingerprint density at radius 3 is 2.46 bits per heavy atom. The average molecular weight is 381 g/mol. The Morgan fingerprint density at radius 1 is 1.00 bits per heavy atom. The number of hydrogen-bond donors (Lipinski definition) is 1. The number of benzene rings is 2. The average Bonchev–Trinajstić information content (AvgIpc) is 2.74. The molecule has 0 unspecified atom stereocenters. The number of anilines is 1. The van der Waals surface area contributed by atoms with Gasteiger partial charge in [-0.3, -0.25) is 9.59 Å². The monoisotopic (exact) mass is 381 g/mol. The molecule has 3 rings (SSSR count). The topological polar surface area (TPSA) is 61.9 Å². The molecule has 2 aromatic carbocycles. The smallest absolute Gasteiger partial charge is 0.224 e. The van der Waals surface area contributed by atoms with Gasteiger partial charge in [0.25, 0.3) is 0 Å². The highest BCUT2D eigenvalue weighted by molar-refractivity contribution is 5.80. The second-order valence-electron chi connectivity index (χ2n) is 6.83. The molecule has 6 nitrogen and oxygen atoms in total. The zero-order valence-corrected chi connectivity index (χ0v) is 16.3. The largest absolute Gasteiger partial charge is 0.497 e. The second-order valence-corrected chi connectivity index (χ2v) is 6.83. The standard InChI is InChI=1S/C22H27N3O3/c1-28-20-9-5-8-19(17-20)24-12-14-25(15-13-24)22(27)10-11-23-21(26)16-18-6-3-2-4-7-18/h2-9,17H,10-16H2,1H3,(H,23,26). The van der Waals surface area contributed by atoms with Crippen molar-refractivity contribution in [2.45, 2.75) is 12.8 Å². The fourth-order valence-electron chi connectivity index (χ4n) is 3.33. The molecule has 0 saturated carbocycles. The number of ether oxygens (including phenoxy) is 1. The maximum atomic E-state index is 12.4. The maximum Gasteiger partial charge on any atom is 0.224 e. The molecule has 1 aliphatic rings. The molecule has 2 amide bonds. The van der Waals surface area contributed by atoms with E-state index in [0.29, 0.717) is 32.5 Å². The van der Waals surface area contributed by atoms with E-state index in [0.717, 1.165) is 30.1 Å². The van der Waals surface area contributed by atoms with Crippen molar-refractivity contribution in [2.75, 3.05) is 44.7 Å². The Kier molecular flexibility index (Phi) is 6.89. The van der Waals surface area contributed by atoms with Crippen LogP contribution in [0.1, 0.15) is 12.0 Å². The fraction of sp³-hybridized carbons (Fsp3) is 0.364. The second kappa shape index (κ2) is 9.78. The van der Waals surface area contributed by atoms with Crippen molar-refractivity contribution in [3.63, 3.8) is 0 Å². The van der Waals surface area contributed by atoms with E-state index >= 15 is 0 Å². The minimum Gasteiger partial charge on any atom is -0.497 e. The normalized spacial score (nSPS) is 13.9. The highest BCUT2D eigenvalue weighted by Crippen LogP contribution is 2.22. The predicted octanol–water partition coefficient (Wildman–Crippen LogP) is 2.09. The van der Waals surface area contributed by atoms with E-state index in [1.165, 1.54) is 0 Å². The summed E-state index contributed by atoms with van der Waals surface area (Å²) in [6, 6.07) is 17.6. The first-order valence-electron chi connectivity index (χ1n) is 9.63. The first kappa shape index (κ1) is 19.7. The summed E-state index contributed by atoms with van der Waals surface area (Å²) in [6.45, 7) is 3.33. The van der Waals surface area contributed by atoms with Gasteiger partial charge < -0.3 is 19.9 Å². The molecule has 1 heterocycles. The van der Waals surface area contributed by atoms with E-state index in [9.17, 15) is 9.59 Å². The zero-order valence-electron chi connectivity index (χ0n) is 16.3. The van der Waals surface area contributed by atoms with Crippen molar-refractivity contribution in [1.29, 1.82) is 0 Å². The number of piperazine rings is 1. The Bertz CT molecular complexity index is 787.